The van der Waals surface area contributed by atoms with Crippen LogP contribution in [0.2, 0.25) is 0 Å². The predicted molar refractivity (Wildman–Crippen MR) is 107 cm³/mol. The van der Waals surface area contributed by atoms with Crippen LogP contribution in [-0.4, -0.2) is 16.8 Å². The molecule has 2 heterocycles. The summed E-state index contributed by atoms with van der Waals surface area (Å²) in [5, 5.41) is 5.56. The molecule has 2 amide bonds. The van der Waals surface area contributed by atoms with Gasteiger partial charge in [0.2, 0.25) is 0 Å². The van der Waals surface area contributed by atoms with E-state index in [0.717, 1.165) is 0 Å². The average Bonchev–Trinajstić information content (AvgIpc) is 3.19. The number of nitrogens with zero attached hydrogens (tertiary/aromatic N) is 1. The molecule has 3 aromatic rings. The SMILES string of the molecule is CC(C)(C)c1ccc(NC(=O)c2cncc(C(=O)NCc3ccco3)c2)cc1. The standard InChI is InChI=1S/C22H23N3O3/c1-22(2,3)17-6-8-18(9-7-17)25-21(27)16-11-15(12-23-13-16)20(26)24-14-19-5-4-10-28-19/h4-13H,14H2,1-3H3,(H,24,26)(H,25,27). The highest BCUT2D eigenvalue weighted by Crippen LogP contribution is 2.23. The molecule has 2 aromatic heterocycles. The number of amides is 2. The lowest BCUT2D eigenvalue weighted by Gasteiger charge is -2.19. The number of aromatic nitrogens is 1. The third-order valence-corrected chi connectivity index (χ3v) is 4.27. The molecule has 1 aromatic carbocycles. The van der Waals surface area contributed by atoms with Crippen molar-refractivity contribution in [2.45, 2.75) is 32.7 Å². The Morgan fingerprint density at radius 2 is 1.68 bits per heavy atom. The zero-order valence-corrected chi connectivity index (χ0v) is 16.2. The monoisotopic (exact) mass is 377 g/mol. The van der Waals surface area contributed by atoms with E-state index >= 15 is 0 Å². The number of rotatable bonds is 5. The van der Waals surface area contributed by atoms with Gasteiger partial charge in [0, 0.05) is 18.1 Å². The van der Waals surface area contributed by atoms with Crippen molar-refractivity contribution in [2.24, 2.45) is 0 Å². The average molecular weight is 377 g/mol. The molecular formula is C22H23N3O3. The molecule has 0 aliphatic carbocycles. The zero-order chi connectivity index (χ0) is 20.1. The van der Waals surface area contributed by atoms with Crippen molar-refractivity contribution in [1.29, 1.82) is 0 Å². The second kappa shape index (κ2) is 8.08. The van der Waals surface area contributed by atoms with Gasteiger partial charge in [-0.05, 0) is 41.3 Å². The molecule has 0 saturated carbocycles. The van der Waals surface area contributed by atoms with Gasteiger partial charge >= 0.3 is 0 Å². The van der Waals surface area contributed by atoms with Crippen LogP contribution < -0.4 is 10.6 Å². The molecule has 0 spiro atoms. The second-order valence-corrected chi connectivity index (χ2v) is 7.51. The first-order valence-corrected chi connectivity index (χ1v) is 9.00. The fourth-order valence-electron chi connectivity index (χ4n) is 2.63. The molecule has 0 unspecified atom stereocenters. The van der Waals surface area contributed by atoms with Crippen molar-refractivity contribution in [1.82, 2.24) is 10.3 Å². The van der Waals surface area contributed by atoms with Gasteiger partial charge in [-0.2, -0.15) is 0 Å². The van der Waals surface area contributed by atoms with Crippen LogP contribution in [0.25, 0.3) is 0 Å². The Hall–Kier alpha value is -3.41. The Balaban J connectivity index is 1.65. The van der Waals surface area contributed by atoms with E-state index in [4.69, 9.17) is 4.42 Å². The van der Waals surface area contributed by atoms with Crippen LogP contribution in [-0.2, 0) is 12.0 Å². The summed E-state index contributed by atoms with van der Waals surface area (Å²) in [7, 11) is 0. The van der Waals surface area contributed by atoms with Crippen molar-refractivity contribution in [2.75, 3.05) is 5.32 Å². The van der Waals surface area contributed by atoms with Crippen LogP contribution >= 0.6 is 0 Å². The van der Waals surface area contributed by atoms with E-state index in [-0.39, 0.29) is 23.8 Å². The Labute approximate surface area is 164 Å². The largest absolute Gasteiger partial charge is 0.467 e. The minimum absolute atomic E-state index is 0.0454. The molecular weight excluding hydrogens is 354 g/mol. The van der Waals surface area contributed by atoms with E-state index in [2.05, 4.69) is 36.4 Å². The van der Waals surface area contributed by atoms with Gasteiger partial charge in [0.15, 0.2) is 0 Å². The Morgan fingerprint density at radius 3 is 2.29 bits per heavy atom. The van der Waals surface area contributed by atoms with Gasteiger partial charge in [0.25, 0.3) is 11.8 Å². The first kappa shape index (κ1) is 19.4. The number of furan rings is 1. The van der Waals surface area contributed by atoms with Crippen molar-refractivity contribution in [3.8, 4) is 0 Å². The quantitative estimate of drug-likeness (QED) is 0.699. The highest BCUT2D eigenvalue weighted by Gasteiger charge is 2.15. The van der Waals surface area contributed by atoms with Gasteiger partial charge in [0.05, 0.1) is 23.9 Å². The van der Waals surface area contributed by atoms with Crippen LogP contribution in [0.5, 0.6) is 0 Å². The first-order chi connectivity index (χ1) is 13.3. The third kappa shape index (κ3) is 4.85. The minimum atomic E-state index is -0.326. The summed E-state index contributed by atoms with van der Waals surface area (Å²) in [6.07, 6.45) is 4.40. The van der Waals surface area contributed by atoms with Crippen LogP contribution in [0.1, 0.15) is 52.8 Å². The maximum atomic E-state index is 12.5. The molecule has 6 nitrogen and oxygen atoms in total. The molecule has 3 rings (SSSR count). The fraction of sp³-hybridized carbons (Fsp3) is 0.227. The topological polar surface area (TPSA) is 84.2 Å². The van der Waals surface area contributed by atoms with Gasteiger partial charge in [-0.3, -0.25) is 14.6 Å². The van der Waals surface area contributed by atoms with Crippen molar-refractivity contribution in [3.63, 3.8) is 0 Å². The van der Waals surface area contributed by atoms with E-state index in [1.54, 1.807) is 18.4 Å². The Morgan fingerprint density at radius 1 is 1.00 bits per heavy atom. The first-order valence-electron chi connectivity index (χ1n) is 9.00. The van der Waals surface area contributed by atoms with Crippen LogP contribution in [0.3, 0.4) is 0 Å². The normalized spacial score (nSPS) is 11.1. The number of nitrogens with one attached hydrogen (secondary N) is 2. The lowest BCUT2D eigenvalue weighted by Crippen LogP contribution is -2.23. The molecule has 0 saturated heterocycles. The summed E-state index contributed by atoms with van der Waals surface area (Å²) in [5.41, 5.74) is 2.53. The van der Waals surface area contributed by atoms with Crippen LogP contribution in [0.15, 0.2) is 65.5 Å². The number of hydrogen-bond donors (Lipinski definition) is 2. The second-order valence-electron chi connectivity index (χ2n) is 7.51. The highest BCUT2D eigenvalue weighted by molar-refractivity contribution is 6.05. The summed E-state index contributed by atoms with van der Waals surface area (Å²) in [4.78, 5) is 28.8. The van der Waals surface area contributed by atoms with E-state index in [1.807, 2.05) is 24.3 Å². The molecule has 0 aliphatic rings. The summed E-state index contributed by atoms with van der Waals surface area (Å²) >= 11 is 0. The molecule has 0 atom stereocenters. The smallest absolute Gasteiger partial charge is 0.257 e. The maximum Gasteiger partial charge on any atom is 0.257 e. The highest BCUT2D eigenvalue weighted by atomic mass is 16.3. The maximum absolute atomic E-state index is 12.5. The molecule has 28 heavy (non-hydrogen) atoms. The summed E-state index contributed by atoms with van der Waals surface area (Å²) in [6.45, 7) is 6.67. The molecule has 0 bridgehead atoms. The number of benzene rings is 1. The predicted octanol–water partition coefficient (Wildman–Crippen LogP) is 4.15. The van der Waals surface area contributed by atoms with Gasteiger partial charge < -0.3 is 15.1 Å². The van der Waals surface area contributed by atoms with E-state index in [0.29, 0.717) is 22.6 Å². The summed E-state index contributed by atoms with van der Waals surface area (Å²) in [5.74, 6) is -0.00122. The van der Waals surface area contributed by atoms with E-state index < -0.39 is 0 Å². The lowest BCUT2D eigenvalue weighted by atomic mass is 9.87. The molecule has 144 valence electrons. The summed E-state index contributed by atoms with van der Waals surface area (Å²) in [6, 6.07) is 12.8. The van der Waals surface area contributed by atoms with Gasteiger partial charge in [0.1, 0.15) is 5.76 Å². The molecule has 6 heteroatoms. The molecule has 0 aliphatic heterocycles. The van der Waals surface area contributed by atoms with E-state index in [9.17, 15) is 9.59 Å². The van der Waals surface area contributed by atoms with Crippen LogP contribution in [0, 0.1) is 0 Å². The third-order valence-electron chi connectivity index (χ3n) is 4.27. The van der Waals surface area contributed by atoms with Crippen molar-refractivity contribution < 1.29 is 14.0 Å². The van der Waals surface area contributed by atoms with Gasteiger partial charge in [-0.25, -0.2) is 0 Å². The minimum Gasteiger partial charge on any atom is -0.467 e. The Bertz CT molecular complexity index is 955. The molecule has 0 fully saturated rings. The fourth-order valence-corrected chi connectivity index (χ4v) is 2.63. The molecule has 2 N–H and O–H groups in total. The van der Waals surface area contributed by atoms with Crippen LogP contribution in [0.4, 0.5) is 5.69 Å². The lowest BCUT2D eigenvalue weighted by molar-refractivity contribution is 0.0947. The number of carbonyl (C=O) groups excluding carboxylic acids is 2. The zero-order valence-electron chi connectivity index (χ0n) is 16.2. The van der Waals surface area contributed by atoms with Gasteiger partial charge in [-0.15, -0.1) is 0 Å². The number of pyridine rings is 1. The summed E-state index contributed by atoms with van der Waals surface area (Å²) < 4.78 is 5.18. The Kier molecular flexibility index (Phi) is 5.59. The van der Waals surface area contributed by atoms with Gasteiger partial charge in [-0.1, -0.05) is 32.9 Å². The number of hydrogen-bond acceptors (Lipinski definition) is 4. The van der Waals surface area contributed by atoms with Crippen molar-refractivity contribution in [3.05, 3.63) is 83.6 Å². The number of carbonyl (C=O) groups is 2. The van der Waals surface area contributed by atoms with E-state index in [1.165, 1.54) is 24.0 Å². The molecule has 0 radical (unpaired) electrons. The van der Waals surface area contributed by atoms with Crippen molar-refractivity contribution >= 4 is 17.5 Å². The number of anilines is 1.